The summed E-state index contributed by atoms with van der Waals surface area (Å²) in [6.45, 7) is 7.21. The number of benzene rings is 2. The second-order valence-electron chi connectivity index (χ2n) is 4.98. The van der Waals surface area contributed by atoms with Gasteiger partial charge in [-0.05, 0) is 50.3 Å². The van der Waals surface area contributed by atoms with E-state index in [2.05, 4.69) is 63.4 Å². The van der Waals surface area contributed by atoms with Crippen molar-refractivity contribution in [2.45, 2.75) is 38.5 Å². The lowest BCUT2D eigenvalue weighted by molar-refractivity contribution is 0.309. The molecule has 0 amide bonds. The fourth-order valence-electron chi connectivity index (χ4n) is 1.75. The molecule has 2 aromatic carbocycles. The van der Waals surface area contributed by atoms with E-state index in [1.165, 1.54) is 22.4 Å². The van der Waals surface area contributed by atoms with E-state index in [1.54, 1.807) is 11.8 Å². The van der Waals surface area contributed by atoms with Crippen molar-refractivity contribution < 1.29 is 4.74 Å². The Hall–Kier alpha value is -1.41. The molecular formula is C19H26OS. The SMILES string of the molecule is CCCCOc1ccc(C)cc1.CSc1ccccc1C. The summed E-state index contributed by atoms with van der Waals surface area (Å²) in [6, 6.07) is 16.6. The Balaban J connectivity index is 0.000000219. The first-order chi connectivity index (χ1) is 10.2. The predicted octanol–water partition coefficient (Wildman–Crippen LogP) is 5.89. The van der Waals surface area contributed by atoms with Gasteiger partial charge in [0.05, 0.1) is 6.61 Å². The quantitative estimate of drug-likeness (QED) is 0.503. The molecule has 0 atom stereocenters. The lowest BCUT2D eigenvalue weighted by atomic mass is 10.2. The van der Waals surface area contributed by atoms with Gasteiger partial charge in [0.1, 0.15) is 5.75 Å². The summed E-state index contributed by atoms with van der Waals surface area (Å²) in [5.41, 5.74) is 2.64. The molecule has 0 aliphatic carbocycles. The van der Waals surface area contributed by atoms with Crippen molar-refractivity contribution >= 4 is 11.8 Å². The Labute approximate surface area is 133 Å². The Morgan fingerprint density at radius 1 is 0.952 bits per heavy atom. The summed E-state index contributed by atoms with van der Waals surface area (Å²) in [5, 5.41) is 0. The number of unbranched alkanes of at least 4 members (excludes halogenated alkanes) is 1. The lowest BCUT2D eigenvalue weighted by Gasteiger charge is -2.04. The number of ether oxygens (including phenoxy) is 1. The van der Waals surface area contributed by atoms with Crippen LogP contribution >= 0.6 is 11.8 Å². The Bertz CT molecular complexity index is 505. The minimum Gasteiger partial charge on any atom is -0.494 e. The van der Waals surface area contributed by atoms with Crippen molar-refractivity contribution in [3.8, 4) is 5.75 Å². The fourth-order valence-corrected chi connectivity index (χ4v) is 2.36. The van der Waals surface area contributed by atoms with E-state index in [9.17, 15) is 0 Å². The molecule has 0 saturated carbocycles. The second kappa shape index (κ2) is 10.3. The van der Waals surface area contributed by atoms with E-state index in [0.717, 1.165) is 18.8 Å². The van der Waals surface area contributed by atoms with Crippen molar-refractivity contribution in [3.05, 3.63) is 59.7 Å². The summed E-state index contributed by atoms with van der Waals surface area (Å²) in [5.74, 6) is 0.981. The minimum atomic E-state index is 0.833. The van der Waals surface area contributed by atoms with Crippen LogP contribution in [0, 0.1) is 13.8 Å². The van der Waals surface area contributed by atoms with Gasteiger partial charge >= 0.3 is 0 Å². The first kappa shape index (κ1) is 17.6. The zero-order valence-electron chi connectivity index (χ0n) is 13.6. The third kappa shape index (κ3) is 7.24. The lowest BCUT2D eigenvalue weighted by Crippen LogP contribution is -1.95. The maximum atomic E-state index is 5.50. The van der Waals surface area contributed by atoms with Gasteiger partial charge in [-0.25, -0.2) is 0 Å². The Kier molecular flexibility index (Phi) is 8.68. The van der Waals surface area contributed by atoms with Crippen molar-refractivity contribution in [2.24, 2.45) is 0 Å². The molecule has 0 fully saturated rings. The molecule has 114 valence electrons. The van der Waals surface area contributed by atoms with E-state index in [4.69, 9.17) is 4.74 Å². The largest absolute Gasteiger partial charge is 0.494 e. The molecule has 21 heavy (non-hydrogen) atoms. The van der Waals surface area contributed by atoms with Crippen LogP contribution in [0.4, 0.5) is 0 Å². The van der Waals surface area contributed by atoms with Crippen LogP contribution in [0.15, 0.2) is 53.4 Å². The van der Waals surface area contributed by atoms with Crippen LogP contribution < -0.4 is 4.74 Å². The maximum absolute atomic E-state index is 5.50. The molecule has 1 nitrogen and oxygen atoms in total. The highest BCUT2D eigenvalue weighted by Crippen LogP contribution is 2.17. The zero-order valence-corrected chi connectivity index (χ0v) is 14.4. The Morgan fingerprint density at radius 2 is 1.62 bits per heavy atom. The fraction of sp³-hybridized carbons (Fsp3) is 0.368. The molecule has 0 heterocycles. The van der Waals surface area contributed by atoms with E-state index in [-0.39, 0.29) is 0 Å². The monoisotopic (exact) mass is 302 g/mol. The van der Waals surface area contributed by atoms with Gasteiger partial charge in [-0.3, -0.25) is 0 Å². The average Bonchev–Trinajstić information content (AvgIpc) is 2.51. The Morgan fingerprint density at radius 3 is 2.14 bits per heavy atom. The smallest absolute Gasteiger partial charge is 0.119 e. The van der Waals surface area contributed by atoms with E-state index in [0.29, 0.717) is 0 Å². The van der Waals surface area contributed by atoms with Crippen LogP contribution in [0.5, 0.6) is 5.75 Å². The summed E-state index contributed by atoms with van der Waals surface area (Å²) >= 11 is 1.80. The van der Waals surface area contributed by atoms with Crippen LogP contribution in [-0.2, 0) is 0 Å². The van der Waals surface area contributed by atoms with E-state index >= 15 is 0 Å². The van der Waals surface area contributed by atoms with Crippen molar-refractivity contribution in [3.63, 3.8) is 0 Å². The molecule has 0 unspecified atom stereocenters. The molecule has 0 bridgehead atoms. The number of thioether (sulfide) groups is 1. The first-order valence-corrected chi connectivity index (χ1v) is 8.69. The van der Waals surface area contributed by atoms with Gasteiger partial charge in [0.15, 0.2) is 0 Å². The van der Waals surface area contributed by atoms with Gasteiger partial charge in [0.25, 0.3) is 0 Å². The summed E-state index contributed by atoms with van der Waals surface area (Å²) < 4.78 is 5.50. The van der Waals surface area contributed by atoms with Crippen LogP contribution in [0.2, 0.25) is 0 Å². The van der Waals surface area contributed by atoms with Gasteiger partial charge in [0, 0.05) is 4.90 Å². The second-order valence-corrected chi connectivity index (χ2v) is 5.83. The van der Waals surface area contributed by atoms with Gasteiger partial charge in [-0.15, -0.1) is 11.8 Å². The van der Waals surface area contributed by atoms with Gasteiger partial charge in [-0.2, -0.15) is 0 Å². The molecule has 2 rings (SSSR count). The third-order valence-electron chi connectivity index (χ3n) is 3.10. The molecule has 0 saturated heterocycles. The number of hydrogen-bond donors (Lipinski definition) is 0. The van der Waals surface area contributed by atoms with Crippen LogP contribution in [0.1, 0.15) is 30.9 Å². The summed E-state index contributed by atoms with van der Waals surface area (Å²) in [7, 11) is 0. The standard InChI is InChI=1S/C11H16O.C8H10S/c1-3-4-9-12-11-7-5-10(2)6-8-11;1-7-5-3-4-6-8(7)9-2/h5-8H,3-4,9H2,1-2H3;3-6H,1-2H3. The topological polar surface area (TPSA) is 9.23 Å². The highest BCUT2D eigenvalue weighted by Gasteiger charge is 1.91. The molecule has 0 aromatic heterocycles. The van der Waals surface area contributed by atoms with Crippen molar-refractivity contribution in [1.82, 2.24) is 0 Å². The average molecular weight is 302 g/mol. The highest BCUT2D eigenvalue weighted by molar-refractivity contribution is 7.98. The van der Waals surface area contributed by atoms with E-state index in [1.807, 2.05) is 12.1 Å². The molecule has 0 radical (unpaired) electrons. The first-order valence-electron chi connectivity index (χ1n) is 7.46. The number of rotatable bonds is 5. The van der Waals surface area contributed by atoms with Gasteiger partial charge in [-0.1, -0.05) is 49.2 Å². The number of aryl methyl sites for hydroxylation is 2. The zero-order chi connectivity index (χ0) is 15.5. The normalized spacial score (nSPS) is 9.71. The predicted molar refractivity (Wildman–Crippen MR) is 94.5 cm³/mol. The van der Waals surface area contributed by atoms with Gasteiger partial charge in [0.2, 0.25) is 0 Å². The summed E-state index contributed by atoms with van der Waals surface area (Å²) in [6.07, 6.45) is 4.42. The number of hydrogen-bond acceptors (Lipinski definition) is 2. The van der Waals surface area contributed by atoms with Crippen LogP contribution in [-0.4, -0.2) is 12.9 Å². The van der Waals surface area contributed by atoms with Crippen molar-refractivity contribution in [1.29, 1.82) is 0 Å². The van der Waals surface area contributed by atoms with Crippen LogP contribution in [0.3, 0.4) is 0 Å². The molecule has 0 aliphatic heterocycles. The maximum Gasteiger partial charge on any atom is 0.119 e. The molecule has 2 aromatic rings. The summed E-state index contributed by atoms with van der Waals surface area (Å²) in [4.78, 5) is 1.37. The highest BCUT2D eigenvalue weighted by atomic mass is 32.2. The third-order valence-corrected chi connectivity index (χ3v) is 4.00. The minimum absolute atomic E-state index is 0.833. The van der Waals surface area contributed by atoms with E-state index < -0.39 is 0 Å². The molecule has 2 heteroatoms. The van der Waals surface area contributed by atoms with Crippen LogP contribution in [0.25, 0.3) is 0 Å². The molecular weight excluding hydrogens is 276 g/mol. The van der Waals surface area contributed by atoms with Crippen molar-refractivity contribution in [2.75, 3.05) is 12.9 Å². The molecule has 0 N–H and O–H groups in total. The van der Waals surface area contributed by atoms with Gasteiger partial charge < -0.3 is 4.74 Å². The molecule has 0 spiro atoms. The molecule has 0 aliphatic rings.